The van der Waals surface area contributed by atoms with Gasteiger partial charge in [-0.1, -0.05) is 6.58 Å². The maximum absolute atomic E-state index is 10.6. The highest BCUT2D eigenvalue weighted by atomic mass is 16.6. The lowest BCUT2D eigenvalue weighted by molar-refractivity contribution is -0.150. The summed E-state index contributed by atoms with van der Waals surface area (Å²) in [4.78, 5) is 10.6. The molecule has 2 nitrogen and oxygen atoms in total. The van der Waals surface area contributed by atoms with Crippen LogP contribution in [0.1, 0.15) is 20.3 Å². The third-order valence-electron chi connectivity index (χ3n) is 1.26. The number of carbonyl (C=O) groups excluding carboxylic acids is 1. The molecule has 0 bridgehead atoms. The summed E-state index contributed by atoms with van der Waals surface area (Å²) in [5.41, 5.74) is -0.708. The minimum absolute atomic E-state index is 0.345. The van der Waals surface area contributed by atoms with Crippen molar-refractivity contribution in [1.82, 2.24) is 0 Å². The molecule has 0 amide bonds. The number of carbonyl (C=O) groups is 1. The smallest absolute Gasteiger partial charge is 0.303 e. The van der Waals surface area contributed by atoms with Crippen LogP contribution in [0.5, 0.6) is 0 Å². The standard InChI is InChI=1S/C9H12O2/c1-5-7-9(4,6-2)11-8(3)10/h1,6H,2,7H2,3-4H3. The van der Waals surface area contributed by atoms with Crippen molar-refractivity contribution in [1.29, 1.82) is 0 Å². The number of terminal acetylenes is 1. The van der Waals surface area contributed by atoms with E-state index in [1.807, 2.05) is 0 Å². The molecule has 1 unspecified atom stereocenters. The lowest BCUT2D eigenvalue weighted by Gasteiger charge is -2.22. The van der Waals surface area contributed by atoms with Gasteiger partial charge >= 0.3 is 5.97 Å². The molecule has 0 aliphatic carbocycles. The summed E-state index contributed by atoms with van der Waals surface area (Å²) >= 11 is 0. The van der Waals surface area contributed by atoms with Crippen LogP contribution in [0, 0.1) is 12.3 Å². The van der Waals surface area contributed by atoms with Crippen LogP contribution in [-0.4, -0.2) is 11.6 Å². The normalized spacial score (nSPS) is 14.3. The van der Waals surface area contributed by atoms with Gasteiger partial charge < -0.3 is 4.74 Å². The van der Waals surface area contributed by atoms with Crippen LogP contribution in [0.4, 0.5) is 0 Å². The molecule has 0 aromatic heterocycles. The monoisotopic (exact) mass is 152 g/mol. The first-order valence-electron chi connectivity index (χ1n) is 3.31. The van der Waals surface area contributed by atoms with Gasteiger partial charge in [-0.3, -0.25) is 4.79 Å². The first kappa shape index (κ1) is 9.77. The summed E-state index contributed by atoms with van der Waals surface area (Å²) < 4.78 is 4.93. The highest BCUT2D eigenvalue weighted by Crippen LogP contribution is 2.15. The van der Waals surface area contributed by atoms with Crippen molar-refractivity contribution in [3.63, 3.8) is 0 Å². The molecule has 0 fully saturated rings. The molecule has 60 valence electrons. The minimum Gasteiger partial charge on any atom is -0.454 e. The van der Waals surface area contributed by atoms with E-state index in [1.54, 1.807) is 6.92 Å². The molecule has 11 heavy (non-hydrogen) atoms. The summed E-state index contributed by atoms with van der Waals surface area (Å²) in [5.74, 6) is 2.07. The Morgan fingerprint density at radius 2 is 2.45 bits per heavy atom. The molecule has 0 heterocycles. The number of ether oxygens (including phenoxy) is 1. The van der Waals surface area contributed by atoms with Gasteiger partial charge in [-0.15, -0.1) is 12.3 Å². The Balaban J connectivity index is 4.23. The van der Waals surface area contributed by atoms with E-state index in [0.29, 0.717) is 6.42 Å². The zero-order chi connectivity index (χ0) is 8.91. The fraction of sp³-hybridized carbons (Fsp3) is 0.444. The molecular weight excluding hydrogens is 140 g/mol. The largest absolute Gasteiger partial charge is 0.454 e. The maximum Gasteiger partial charge on any atom is 0.303 e. The molecule has 0 spiro atoms. The predicted molar refractivity (Wildman–Crippen MR) is 43.8 cm³/mol. The summed E-state index contributed by atoms with van der Waals surface area (Å²) in [6.45, 7) is 6.60. The van der Waals surface area contributed by atoms with Gasteiger partial charge in [-0.05, 0) is 13.0 Å². The van der Waals surface area contributed by atoms with Crippen LogP contribution in [0.3, 0.4) is 0 Å². The lowest BCUT2D eigenvalue weighted by Crippen LogP contribution is -2.27. The van der Waals surface area contributed by atoms with E-state index in [2.05, 4.69) is 12.5 Å². The van der Waals surface area contributed by atoms with Gasteiger partial charge in [0.1, 0.15) is 5.60 Å². The Labute approximate surface area is 67.2 Å². The van der Waals surface area contributed by atoms with Crippen LogP contribution >= 0.6 is 0 Å². The van der Waals surface area contributed by atoms with E-state index in [-0.39, 0.29) is 5.97 Å². The van der Waals surface area contributed by atoms with E-state index in [1.165, 1.54) is 13.0 Å². The Kier molecular flexibility index (Phi) is 3.39. The molecule has 0 radical (unpaired) electrons. The van der Waals surface area contributed by atoms with Crippen molar-refractivity contribution >= 4 is 5.97 Å². The van der Waals surface area contributed by atoms with Gasteiger partial charge in [0.05, 0.1) is 6.42 Å². The second-order valence-corrected chi connectivity index (χ2v) is 2.49. The van der Waals surface area contributed by atoms with Crippen LogP contribution in [-0.2, 0) is 9.53 Å². The van der Waals surface area contributed by atoms with Gasteiger partial charge in [-0.25, -0.2) is 0 Å². The van der Waals surface area contributed by atoms with Crippen LogP contribution in [0.25, 0.3) is 0 Å². The van der Waals surface area contributed by atoms with Crippen molar-refractivity contribution in [3.8, 4) is 12.3 Å². The van der Waals surface area contributed by atoms with Crippen molar-refractivity contribution in [3.05, 3.63) is 12.7 Å². The third-order valence-corrected chi connectivity index (χ3v) is 1.26. The zero-order valence-electron chi connectivity index (χ0n) is 6.89. The van der Waals surface area contributed by atoms with Gasteiger partial charge in [0.15, 0.2) is 0 Å². The fourth-order valence-electron chi connectivity index (χ4n) is 0.681. The first-order valence-corrected chi connectivity index (χ1v) is 3.31. The van der Waals surface area contributed by atoms with Crippen LogP contribution in [0.15, 0.2) is 12.7 Å². The average molecular weight is 152 g/mol. The molecule has 0 aromatic rings. The number of hydrogen-bond acceptors (Lipinski definition) is 2. The van der Waals surface area contributed by atoms with E-state index >= 15 is 0 Å². The topological polar surface area (TPSA) is 26.3 Å². The maximum atomic E-state index is 10.6. The van der Waals surface area contributed by atoms with E-state index in [9.17, 15) is 4.79 Å². The predicted octanol–water partition coefficient (Wildman–Crippen LogP) is 1.52. The summed E-state index contributed by atoms with van der Waals surface area (Å²) in [6, 6.07) is 0. The van der Waals surface area contributed by atoms with Crippen molar-refractivity contribution in [2.75, 3.05) is 0 Å². The molecule has 0 aromatic carbocycles. The second-order valence-electron chi connectivity index (χ2n) is 2.49. The van der Waals surface area contributed by atoms with E-state index in [4.69, 9.17) is 11.2 Å². The molecule has 0 aliphatic heterocycles. The Hall–Kier alpha value is -1.23. The van der Waals surface area contributed by atoms with Crippen molar-refractivity contribution < 1.29 is 9.53 Å². The van der Waals surface area contributed by atoms with E-state index in [0.717, 1.165) is 0 Å². The number of rotatable bonds is 3. The Bertz CT molecular complexity index is 200. The summed E-state index contributed by atoms with van der Waals surface area (Å²) in [6.07, 6.45) is 6.97. The number of hydrogen-bond donors (Lipinski definition) is 0. The average Bonchev–Trinajstić information content (AvgIpc) is 1.87. The van der Waals surface area contributed by atoms with Gasteiger partial charge in [-0.2, -0.15) is 0 Å². The second kappa shape index (κ2) is 3.82. The molecule has 0 N–H and O–H groups in total. The summed E-state index contributed by atoms with van der Waals surface area (Å²) in [5, 5.41) is 0. The molecule has 0 saturated heterocycles. The molecule has 0 aliphatic rings. The first-order chi connectivity index (χ1) is 5.04. The van der Waals surface area contributed by atoms with Crippen LogP contribution in [0.2, 0.25) is 0 Å². The Morgan fingerprint density at radius 1 is 1.91 bits per heavy atom. The fourth-order valence-corrected chi connectivity index (χ4v) is 0.681. The van der Waals surface area contributed by atoms with Gasteiger partial charge in [0, 0.05) is 6.92 Å². The number of esters is 1. The third kappa shape index (κ3) is 3.47. The molecule has 0 saturated carbocycles. The molecule has 2 heteroatoms. The van der Waals surface area contributed by atoms with Gasteiger partial charge in [0.25, 0.3) is 0 Å². The molecular formula is C9H12O2. The summed E-state index contributed by atoms with van der Waals surface area (Å²) in [7, 11) is 0. The van der Waals surface area contributed by atoms with Crippen molar-refractivity contribution in [2.45, 2.75) is 25.9 Å². The Morgan fingerprint density at radius 3 is 2.73 bits per heavy atom. The zero-order valence-corrected chi connectivity index (χ0v) is 6.89. The SMILES string of the molecule is C#CCC(C)(C=C)OC(C)=O. The van der Waals surface area contributed by atoms with Crippen LogP contribution < -0.4 is 0 Å². The van der Waals surface area contributed by atoms with Gasteiger partial charge in [0.2, 0.25) is 0 Å². The minimum atomic E-state index is -0.708. The highest BCUT2D eigenvalue weighted by molar-refractivity contribution is 5.66. The quantitative estimate of drug-likeness (QED) is 0.348. The molecule has 0 rings (SSSR count). The lowest BCUT2D eigenvalue weighted by atomic mass is 10.0. The van der Waals surface area contributed by atoms with E-state index < -0.39 is 5.60 Å². The highest BCUT2D eigenvalue weighted by Gasteiger charge is 2.21. The van der Waals surface area contributed by atoms with Crippen molar-refractivity contribution in [2.24, 2.45) is 0 Å². The molecule has 1 atom stereocenters.